The monoisotopic (exact) mass is 389 g/mol. The van der Waals surface area contributed by atoms with E-state index in [2.05, 4.69) is 22.5 Å². The van der Waals surface area contributed by atoms with Crippen molar-refractivity contribution in [2.24, 2.45) is 11.8 Å². The van der Waals surface area contributed by atoms with Crippen LogP contribution in [0, 0.1) is 11.8 Å². The van der Waals surface area contributed by atoms with Gasteiger partial charge < -0.3 is 14.7 Å². The molecule has 1 aromatic rings. The number of rotatable bonds is 4. The molecule has 2 saturated heterocycles. The Hall–Kier alpha value is -1.92. The molecule has 0 aromatic heterocycles. The molecule has 1 spiro atoms. The van der Waals surface area contributed by atoms with Gasteiger partial charge in [0, 0.05) is 10.2 Å². The van der Waals surface area contributed by atoms with Gasteiger partial charge in [-0.05, 0) is 30.7 Å². The van der Waals surface area contributed by atoms with Gasteiger partial charge in [0.1, 0.15) is 11.5 Å². The highest BCUT2D eigenvalue weighted by Crippen LogP contribution is 2.56. The molecule has 2 bridgehead atoms. The number of carbonyl (C=O) groups is 2. The molecule has 3 aliphatic heterocycles. The zero-order chi connectivity index (χ0) is 17.1. The fourth-order valence-corrected chi connectivity index (χ4v) is 4.55. The predicted molar refractivity (Wildman–Crippen MR) is 91.6 cm³/mol. The molecule has 1 N–H and O–H groups in total. The van der Waals surface area contributed by atoms with E-state index < -0.39 is 29.5 Å². The molecule has 3 aliphatic rings. The second-order valence-corrected chi connectivity index (χ2v) is 7.28. The molecule has 1 amide bonds. The van der Waals surface area contributed by atoms with E-state index in [0.717, 1.165) is 10.2 Å². The molecule has 3 heterocycles. The Morgan fingerprint density at radius 1 is 1.42 bits per heavy atom. The summed E-state index contributed by atoms with van der Waals surface area (Å²) in [6, 6.07) is 7.13. The van der Waals surface area contributed by atoms with E-state index in [0.29, 0.717) is 6.42 Å². The first kappa shape index (κ1) is 15.6. The third-order valence-corrected chi connectivity index (χ3v) is 5.73. The Labute approximate surface area is 147 Å². The summed E-state index contributed by atoms with van der Waals surface area (Å²) in [4.78, 5) is 26.6. The summed E-state index contributed by atoms with van der Waals surface area (Å²) in [7, 11) is 0. The molecule has 2 fully saturated rings. The van der Waals surface area contributed by atoms with Gasteiger partial charge in [-0.15, -0.1) is 6.58 Å². The third kappa shape index (κ3) is 1.90. The van der Waals surface area contributed by atoms with Crippen LogP contribution >= 0.6 is 15.9 Å². The van der Waals surface area contributed by atoms with Crippen molar-refractivity contribution in [3.63, 3.8) is 0 Å². The highest BCUT2D eigenvalue weighted by Gasteiger charge is 2.71. The van der Waals surface area contributed by atoms with Gasteiger partial charge in [-0.3, -0.25) is 9.59 Å². The van der Waals surface area contributed by atoms with Gasteiger partial charge in [-0.25, -0.2) is 0 Å². The SMILES string of the molecule is C=CCC1N(c2ccc(Br)cc2)C(=O)C2C(C(=O)O)[C@H]3C=C[C@]21O3. The number of fused-ring (bicyclic) bond motifs is 1. The van der Waals surface area contributed by atoms with E-state index in [9.17, 15) is 14.7 Å². The van der Waals surface area contributed by atoms with Crippen LogP contribution in [0.2, 0.25) is 0 Å². The maximum absolute atomic E-state index is 13.2. The van der Waals surface area contributed by atoms with Crippen molar-refractivity contribution < 1.29 is 19.4 Å². The average molecular weight is 390 g/mol. The quantitative estimate of drug-likeness (QED) is 0.803. The number of aliphatic carboxylic acids is 1. The van der Waals surface area contributed by atoms with Crippen molar-refractivity contribution in [3.05, 3.63) is 53.5 Å². The molecule has 4 rings (SSSR count). The largest absolute Gasteiger partial charge is 0.481 e. The van der Waals surface area contributed by atoms with Crippen LogP contribution in [0.4, 0.5) is 5.69 Å². The van der Waals surface area contributed by atoms with Crippen LogP contribution in [0.25, 0.3) is 0 Å². The number of nitrogens with zero attached hydrogens (tertiary/aromatic N) is 1. The minimum absolute atomic E-state index is 0.191. The molecule has 124 valence electrons. The lowest BCUT2D eigenvalue weighted by Crippen LogP contribution is -2.45. The summed E-state index contributed by atoms with van der Waals surface area (Å²) in [5.41, 5.74) is -0.144. The lowest BCUT2D eigenvalue weighted by molar-refractivity contribution is -0.146. The highest BCUT2D eigenvalue weighted by molar-refractivity contribution is 9.10. The smallest absolute Gasteiger partial charge is 0.310 e. The molecule has 0 aliphatic carbocycles. The van der Waals surface area contributed by atoms with Crippen LogP contribution in [-0.2, 0) is 14.3 Å². The fraction of sp³-hybridized carbons (Fsp3) is 0.333. The maximum Gasteiger partial charge on any atom is 0.310 e. The van der Waals surface area contributed by atoms with Crippen molar-refractivity contribution in [2.45, 2.75) is 24.2 Å². The Balaban J connectivity index is 1.83. The molecule has 0 saturated carbocycles. The van der Waals surface area contributed by atoms with Crippen molar-refractivity contribution in [3.8, 4) is 0 Å². The van der Waals surface area contributed by atoms with Gasteiger partial charge in [-0.2, -0.15) is 0 Å². The number of benzene rings is 1. The third-order valence-electron chi connectivity index (χ3n) is 5.20. The Kier molecular flexibility index (Phi) is 3.44. The van der Waals surface area contributed by atoms with Crippen LogP contribution < -0.4 is 4.90 Å². The summed E-state index contributed by atoms with van der Waals surface area (Å²) < 4.78 is 6.97. The van der Waals surface area contributed by atoms with Crippen molar-refractivity contribution in [1.29, 1.82) is 0 Å². The number of anilines is 1. The topological polar surface area (TPSA) is 66.8 Å². The summed E-state index contributed by atoms with van der Waals surface area (Å²) in [5.74, 6) is -2.71. The number of carboxylic acid groups (broad SMARTS) is 1. The van der Waals surface area contributed by atoms with E-state index >= 15 is 0 Å². The summed E-state index contributed by atoms with van der Waals surface area (Å²) >= 11 is 3.39. The number of ether oxygens (including phenoxy) is 1. The Morgan fingerprint density at radius 3 is 2.75 bits per heavy atom. The van der Waals surface area contributed by atoms with Crippen LogP contribution in [0.3, 0.4) is 0 Å². The molecule has 6 heteroatoms. The number of hydrogen-bond acceptors (Lipinski definition) is 3. The van der Waals surface area contributed by atoms with Gasteiger partial charge in [-0.1, -0.05) is 34.2 Å². The van der Waals surface area contributed by atoms with Crippen molar-refractivity contribution >= 4 is 33.5 Å². The average Bonchev–Trinajstić information content (AvgIpc) is 3.18. The number of carbonyl (C=O) groups excluding carboxylic acids is 1. The van der Waals surface area contributed by atoms with Gasteiger partial charge in [0.05, 0.1) is 18.1 Å². The van der Waals surface area contributed by atoms with E-state index in [1.165, 1.54) is 0 Å². The lowest BCUT2D eigenvalue weighted by Gasteiger charge is -2.32. The van der Waals surface area contributed by atoms with Crippen LogP contribution in [-0.4, -0.2) is 34.7 Å². The minimum Gasteiger partial charge on any atom is -0.481 e. The summed E-state index contributed by atoms with van der Waals surface area (Å²) in [5, 5.41) is 9.60. The molecule has 5 nitrogen and oxygen atoms in total. The molecule has 24 heavy (non-hydrogen) atoms. The molecule has 1 aromatic carbocycles. The van der Waals surface area contributed by atoms with Gasteiger partial charge >= 0.3 is 5.97 Å². The van der Waals surface area contributed by atoms with E-state index in [-0.39, 0.29) is 11.9 Å². The maximum atomic E-state index is 13.2. The highest BCUT2D eigenvalue weighted by atomic mass is 79.9. The number of hydrogen-bond donors (Lipinski definition) is 1. The number of amides is 1. The van der Waals surface area contributed by atoms with Crippen LogP contribution in [0.15, 0.2) is 53.5 Å². The van der Waals surface area contributed by atoms with Crippen LogP contribution in [0.1, 0.15) is 6.42 Å². The van der Waals surface area contributed by atoms with Crippen molar-refractivity contribution in [1.82, 2.24) is 0 Å². The first-order valence-corrected chi connectivity index (χ1v) is 8.58. The zero-order valence-electron chi connectivity index (χ0n) is 12.8. The number of carboxylic acids is 1. The first-order chi connectivity index (χ1) is 11.5. The first-order valence-electron chi connectivity index (χ1n) is 7.79. The normalized spacial score (nSPS) is 36.2. The molecule has 5 atom stereocenters. The van der Waals surface area contributed by atoms with Crippen LogP contribution in [0.5, 0.6) is 0 Å². The van der Waals surface area contributed by atoms with E-state index in [1.807, 2.05) is 30.3 Å². The van der Waals surface area contributed by atoms with Crippen molar-refractivity contribution in [2.75, 3.05) is 4.90 Å². The molecular weight excluding hydrogens is 374 g/mol. The predicted octanol–water partition coefficient (Wildman–Crippen LogP) is 2.76. The zero-order valence-corrected chi connectivity index (χ0v) is 14.3. The minimum atomic E-state index is -0.986. The molecule has 3 unspecified atom stereocenters. The fourth-order valence-electron chi connectivity index (χ4n) is 4.29. The lowest BCUT2D eigenvalue weighted by atomic mass is 9.74. The van der Waals surface area contributed by atoms with Gasteiger partial charge in [0.25, 0.3) is 0 Å². The standard InChI is InChI=1S/C18H16BrNO4/c1-2-3-13-18-9-8-12(24-18)14(17(22)23)15(18)16(21)20(13)11-6-4-10(19)5-7-11/h2,4-9,12-15H,1,3H2,(H,22,23)/t12-,13?,14?,15?,18-/m1/s1. The Bertz CT molecular complexity index is 759. The Morgan fingerprint density at radius 2 is 2.12 bits per heavy atom. The van der Waals surface area contributed by atoms with Gasteiger partial charge in [0.15, 0.2) is 0 Å². The van der Waals surface area contributed by atoms with E-state index in [4.69, 9.17) is 4.74 Å². The molecular formula is C18H16BrNO4. The van der Waals surface area contributed by atoms with E-state index in [1.54, 1.807) is 17.1 Å². The summed E-state index contributed by atoms with van der Waals surface area (Å²) in [6.45, 7) is 3.80. The second-order valence-electron chi connectivity index (χ2n) is 6.36. The number of halogens is 1. The summed E-state index contributed by atoms with van der Waals surface area (Å²) in [6.07, 6.45) is 5.41. The molecule has 0 radical (unpaired) electrons. The second kappa shape index (κ2) is 5.29. The van der Waals surface area contributed by atoms with Gasteiger partial charge in [0.2, 0.25) is 5.91 Å².